The molecule has 3 N–H and O–H groups in total. The number of rotatable bonds is 7. The van der Waals surface area contributed by atoms with Gasteiger partial charge in [0.15, 0.2) is 0 Å². The summed E-state index contributed by atoms with van der Waals surface area (Å²) in [6, 6.07) is 11.4. The number of hydrogen-bond donors (Lipinski definition) is 2. The highest BCUT2D eigenvalue weighted by Crippen LogP contribution is 2.32. The Bertz CT molecular complexity index is 623. The van der Waals surface area contributed by atoms with Crippen molar-refractivity contribution < 1.29 is 9.53 Å². The first kappa shape index (κ1) is 15.1. The SMILES string of the molecule is NCC(NC(=O)c1cccc(OCc2cccs2)c1)C1CC1. The highest BCUT2D eigenvalue weighted by atomic mass is 32.1. The maximum absolute atomic E-state index is 12.3. The van der Waals surface area contributed by atoms with Crippen LogP contribution < -0.4 is 15.8 Å². The number of benzene rings is 1. The Balaban J connectivity index is 1.61. The van der Waals surface area contributed by atoms with E-state index in [0.717, 1.165) is 17.7 Å². The molecule has 1 fully saturated rings. The van der Waals surface area contributed by atoms with Crippen molar-refractivity contribution in [2.75, 3.05) is 6.54 Å². The van der Waals surface area contributed by atoms with E-state index in [4.69, 9.17) is 10.5 Å². The van der Waals surface area contributed by atoms with Gasteiger partial charge in [0.2, 0.25) is 0 Å². The average molecular weight is 316 g/mol. The second-order valence-electron chi connectivity index (χ2n) is 5.55. The normalized spacial score (nSPS) is 15.3. The zero-order chi connectivity index (χ0) is 15.4. The summed E-state index contributed by atoms with van der Waals surface area (Å²) >= 11 is 1.66. The molecule has 22 heavy (non-hydrogen) atoms. The van der Waals surface area contributed by atoms with Crippen molar-refractivity contribution in [2.45, 2.75) is 25.5 Å². The van der Waals surface area contributed by atoms with E-state index in [9.17, 15) is 4.79 Å². The number of ether oxygens (including phenoxy) is 1. The Labute approximate surface area is 134 Å². The molecule has 0 bridgehead atoms. The molecule has 1 amide bonds. The molecule has 1 aliphatic carbocycles. The van der Waals surface area contributed by atoms with Crippen LogP contribution in [-0.2, 0) is 6.61 Å². The lowest BCUT2D eigenvalue weighted by molar-refractivity contribution is 0.0933. The number of amides is 1. The first-order chi connectivity index (χ1) is 10.8. The highest BCUT2D eigenvalue weighted by molar-refractivity contribution is 7.09. The van der Waals surface area contributed by atoms with Gasteiger partial charge in [0.1, 0.15) is 12.4 Å². The van der Waals surface area contributed by atoms with Crippen LogP contribution in [0.3, 0.4) is 0 Å². The van der Waals surface area contributed by atoms with Crippen LogP contribution >= 0.6 is 11.3 Å². The molecular weight excluding hydrogens is 296 g/mol. The van der Waals surface area contributed by atoms with Crippen LogP contribution in [0.1, 0.15) is 28.1 Å². The Morgan fingerprint density at radius 1 is 1.36 bits per heavy atom. The molecular formula is C17H20N2O2S. The van der Waals surface area contributed by atoms with Crippen molar-refractivity contribution in [3.63, 3.8) is 0 Å². The van der Waals surface area contributed by atoms with E-state index in [0.29, 0.717) is 30.4 Å². The zero-order valence-corrected chi connectivity index (χ0v) is 13.1. The third-order valence-electron chi connectivity index (χ3n) is 3.82. The molecule has 1 saturated carbocycles. The quantitative estimate of drug-likeness (QED) is 0.825. The monoisotopic (exact) mass is 316 g/mol. The third-order valence-corrected chi connectivity index (χ3v) is 4.67. The van der Waals surface area contributed by atoms with E-state index in [2.05, 4.69) is 5.32 Å². The number of carbonyl (C=O) groups excluding carboxylic acids is 1. The summed E-state index contributed by atoms with van der Waals surface area (Å²) in [4.78, 5) is 13.5. The maximum atomic E-state index is 12.3. The lowest BCUT2D eigenvalue weighted by atomic mass is 10.1. The lowest BCUT2D eigenvalue weighted by Gasteiger charge is -2.16. The van der Waals surface area contributed by atoms with Crippen molar-refractivity contribution in [1.82, 2.24) is 5.32 Å². The van der Waals surface area contributed by atoms with Gasteiger partial charge in [-0.1, -0.05) is 12.1 Å². The van der Waals surface area contributed by atoms with Crippen molar-refractivity contribution in [3.05, 3.63) is 52.2 Å². The van der Waals surface area contributed by atoms with Crippen molar-refractivity contribution in [1.29, 1.82) is 0 Å². The number of thiophene rings is 1. The molecule has 5 heteroatoms. The summed E-state index contributed by atoms with van der Waals surface area (Å²) < 4.78 is 5.74. The summed E-state index contributed by atoms with van der Waals surface area (Å²) in [7, 11) is 0. The second kappa shape index (κ2) is 6.94. The first-order valence-electron chi connectivity index (χ1n) is 7.52. The first-order valence-corrected chi connectivity index (χ1v) is 8.40. The fraction of sp³-hybridized carbons (Fsp3) is 0.353. The Kier molecular flexibility index (Phi) is 4.75. The molecule has 0 spiro atoms. The molecule has 0 radical (unpaired) electrons. The van der Waals surface area contributed by atoms with Gasteiger partial charge in [-0.25, -0.2) is 0 Å². The molecule has 1 unspecified atom stereocenters. The molecule has 1 heterocycles. The Morgan fingerprint density at radius 3 is 2.91 bits per heavy atom. The summed E-state index contributed by atoms with van der Waals surface area (Å²) in [5, 5.41) is 5.05. The van der Waals surface area contributed by atoms with Crippen LogP contribution in [0.2, 0.25) is 0 Å². The van der Waals surface area contributed by atoms with E-state index in [-0.39, 0.29) is 11.9 Å². The molecule has 0 aliphatic heterocycles. The molecule has 4 nitrogen and oxygen atoms in total. The summed E-state index contributed by atoms with van der Waals surface area (Å²) in [6.07, 6.45) is 2.32. The minimum atomic E-state index is -0.0797. The molecule has 1 aromatic carbocycles. The minimum absolute atomic E-state index is 0.0797. The van der Waals surface area contributed by atoms with Gasteiger partial charge in [-0.05, 0) is 48.4 Å². The minimum Gasteiger partial charge on any atom is -0.488 e. The standard InChI is InChI=1S/C17H20N2O2S/c18-10-16(12-6-7-12)19-17(20)13-3-1-4-14(9-13)21-11-15-5-2-8-22-15/h1-5,8-9,12,16H,6-7,10-11,18H2,(H,19,20). The van der Waals surface area contributed by atoms with Gasteiger partial charge in [0.25, 0.3) is 5.91 Å². The predicted molar refractivity (Wildman–Crippen MR) is 88.1 cm³/mol. The molecule has 3 rings (SSSR count). The van der Waals surface area contributed by atoms with Crippen LogP contribution in [0.4, 0.5) is 0 Å². The number of nitrogens with two attached hydrogens (primary N) is 1. The molecule has 116 valence electrons. The van der Waals surface area contributed by atoms with Gasteiger partial charge in [-0.3, -0.25) is 4.79 Å². The van der Waals surface area contributed by atoms with Gasteiger partial charge in [-0.2, -0.15) is 0 Å². The number of nitrogens with one attached hydrogen (secondary N) is 1. The van der Waals surface area contributed by atoms with Crippen molar-refractivity contribution in [3.8, 4) is 5.75 Å². The fourth-order valence-corrected chi connectivity index (χ4v) is 3.01. The lowest BCUT2D eigenvalue weighted by Crippen LogP contribution is -2.41. The Hall–Kier alpha value is -1.85. The van der Waals surface area contributed by atoms with E-state index in [1.165, 1.54) is 0 Å². The maximum Gasteiger partial charge on any atom is 0.251 e. The summed E-state index contributed by atoms with van der Waals surface area (Å²) in [5.41, 5.74) is 6.35. The number of carbonyl (C=O) groups is 1. The van der Waals surface area contributed by atoms with Gasteiger partial charge in [-0.15, -0.1) is 11.3 Å². The Morgan fingerprint density at radius 2 is 2.23 bits per heavy atom. The summed E-state index contributed by atoms with van der Waals surface area (Å²) in [5.74, 6) is 1.17. The molecule has 0 saturated heterocycles. The van der Waals surface area contributed by atoms with Crippen LogP contribution in [0.5, 0.6) is 5.75 Å². The van der Waals surface area contributed by atoms with Crippen molar-refractivity contribution >= 4 is 17.2 Å². The topological polar surface area (TPSA) is 64.3 Å². The van der Waals surface area contributed by atoms with E-state index in [1.54, 1.807) is 23.5 Å². The number of hydrogen-bond acceptors (Lipinski definition) is 4. The summed E-state index contributed by atoms with van der Waals surface area (Å²) in [6.45, 7) is 1.02. The molecule has 2 aromatic rings. The largest absolute Gasteiger partial charge is 0.488 e. The average Bonchev–Trinajstić information content (AvgIpc) is 3.26. The van der Waals surface area contributed by atoms with E-state index >= 15 is 0 Å². The van der Waals surface area contributed by atoms with Crippen LogP contribution in [0.25, 0.3) is 0 Å². The second-order valence-corrected chi connectivity index (χ2v) is 6.58. The van der Waals surface area contributed by atoms with Crippen molar-refractivity contribution in [2.24, 2.45) is 11.7 Å². The van der Waals surface area contributed by atoms with E-state index in [1.807, 2.05) is 29.6 Å². The van der Waals surface area contributed by atoms with Gasteiger partial charge < -0.3 is 15.8 Å². The molecule has 1 aromatic heterocycles. The fourth-order valence-electron chi connectivity index (χ4n) is 2.40. The van der Waals surface area contributed by atoms with Crippen LogP contribution in [0, 0.1) is 5.92 Å². The van der Waals surface area contributed by atoms with Crippen LogP contribution in [-0.4, -0.2) is 18.5 Å². The van der Waals surface area contributed by atoms with E-state index < -0.39 is 0 Å². The third kappa shape index (κ3) is 3.87. The van der Waals surface area contributed by atoms with Gasteiger partial charge >= 0.3 is 0 Å². The van der Waals surface area contributed by atoms with Crippen LogP contribution in [0.15, 0.2) is 41.8 Å². The molecule has 1 atom stereocenters. The van der Waals surface area contributed by atoms with Gasteiger partial charge in [0, 0.05) is 23.0 Å². The molecule has 1 aliphatic rings. The zero-order valence-electron chi connectivity index (χ0n) is 12.3. The predicted octanol–water partition coefficient (Wildman–Crippen LogP) is 2.79. The van der Waals surface area contributed by atoms with Gasteiger partial charge in [0.05, 0.1) is 0 Å². The highest BCUT2D eigenvalue weighted by Gasteiger charge is 2.31. The smallest absolute Gasteiger partial charge is 0.251 e.